The van der Waals surface area contributed by atoms with Crippen molar-refractivity contribution in [2.45, 2.75) is 6.42 Å². The zero-order valence-corrected chi connectivity index (χ0v) is 12.5. The van der Waals surface area contributed by atoms with E-state index in [-0.39, 0.29) is 0 Å². The van der Waals surface area contributed by atoms with E-state index >= 15 is 0 Å². The van der Waals surface area contributed by atoms with E-state index < -0.39 is 0 Å². The Morgan fingerprint density at radius 2 is 2.24 bits per heavy atom. The van der Waals surface area contributed by atoms with Crippen molar-refractivity contribution in [3.63, 3.8) is 0 Å². The first-order chi connectivity index (χ1) is 10.2. The number of halogens is 1. The van der Waals surface area contributed by atoms with E-state index in [2.05, 4.69) is 15.3 Å². The molecule has 21 heavy (non-hydrogen) atoms. The summed E-state index contributed by atoms with van der Waals surface area (Å²) in [4.78, 5) is 8.29. The van der Waals surface area contributed by atoms with Gasteiger partial charge < -0.3 is 15.8 Å². The number of benzene rings is 1. The van der Waals surface area contributed by atoms with Crippen molar-refractivity contribution in [2.75, 3.05) is 19.0 Å². The van der Waals surface area contributed by atoms with Gasteiger partial charge in [-0.3, -0.25) is 4.99 Å². The molecule has 0 unspecified atom stereocenters. The number of aliphatic imine (C=N–C) groups is 1. The molecule has 0 aliphatic rings. The van der Waals surface area contributed by atoms with Crippen LogP contribution in [0.1, 0.15) is 5.56 Å². The van der Waals surface area contributed by atoms with Crippen LogP contribution in [-0.4, -0.2) is 24.6 Å². The molecule has 0 aliphatic heterocycles. The minimum atomic E-state index is 0.366. The van der Waals surface area contributed by atoms with Crippen LogP contribution in [-0.2, 0) is 6.42 Å². The highest BCUT2D eigenvalue weighted by molar-refractivity contribution is 6.29. The standard InChI is InChI=1S/C15H17ClN4O/c1-21-13-4-2-3-12(9-13)20-15(17)18-8-7-11-5-6-14(16)19-10-11/h2-6,9-10H,7-8H2,1H3,(H3,17,18,20). The van der Waals surface area contributed by atoms with Crippen molar-refractivity contribution in [3.05, 3.63) is 53.3 Å². The molecule has 1 aromatic carbocycles. The van der Waals surface area contributed by atoms with Crippen LogP contribution in [0.3, 0.4) is 0 Å². The van der Waals surface area contributed by atoms with Crippen LogP contribution in [0.4, 0.5) is 5.69 Å². The average Bonchev–Trinajstić information content (AvgIpc) is 2.49. The third-order valence-corrected chi connectivity index (χ3v) is 3.04. The molecule has 0 spiro atoms. The summed E-state index contributed by atoms with van der Waals surface area (Å²) in [5, 5.41) is 3.51. The van der Waals surface area contributed by atoms with Gasteiger partial charge in [0.05, 0.1) is 7.11 Å². The number of aromatic nitrogens is 1. The lowest BCUT2D eigenvalue weighted by Crippen LogP contribution is -2.23. The molecule has 0 amide bonds. The first-order valence-electron chi connectivity index (χ1n) is 6.49. The first kappa shape index (κ1) is 15.1. The molecule has 0 saturated carbocycles. The van der Waals surface area contributed by atoms with Crippen LogP contribution in [0.2, 0.25) is 5.15 Å². The maximum absolute atomic E-state index is 5.85. The van der Waals surface area contributed by atoms with Crippen molar-refractivity contribution in [1.29, 1.82) is 0 Å². The highest BCUT2D eigenvalue weighted by Crippen LogP contribution is 2.16. The van der Waals surface area contributed by atoms with Gasteiger partial charge in [-0.05, 0) is 30.2 Å². The second-order valence-corrected chi connectivity index (χ2v) is 4.75. The molecule has 2 rings (SSSR count). The zero-order chi connectivity index (χ0) is 15.1. The van der Waals surface area contributed by atoms with Crippen LogP contribution in [0.25, 0.3) is 0 Å². The maximum Gasteiger partial charge on any atom is 0.193 e. The summed E-state index contributed by atoms with van der Waals surface area (Å²) in [7, 11) is 1.62. The number of methoxy groups -OCH3 is 1. The zero-order valence-electron chi connectivity index (χ0n) is 11.7. The number of nitrogens with one attached hydrogen (secondary N) is 1. The lowest BCUT2D eigenvalue weighted by molar-refractivity contribution is 0.415. The number of hydrogen-bond acceptors (Lipinski definition) is 3. The van der Waals surface area contributed by atoms with Gasteiger partial charge in [0.2, 0.25) is 0 Å². The third kappa shape index (κ3) is 4.96. The second kappa shape index (κ2) is 7.50. The number of hydrogen-bond donors (Lipinski definition) is 2. The van der Waals surface area contributed by atoms with Crippen molar-refractivity contribution in [2.24, 2.45) is 10.7 Å². The summed E-state index contributed by atoms with van der Waals surface area (Å²) in [6, 6.07) is 11.2. The molecule has 5 nitrogen and oxygen atoms in total. The van der Waals surface area contributed by atoms with E-state index in [0.717, 1.165) is 23.4 Å². The fourth-order valence-corrected chi connectivity index (χ4v) is 1.86. The minimum absolute atomic E-state index is 0.366. The van der Waals surface area contributed by atoms with Gasteiger partial charge in [0, 0.05) is 24.5 Å². The summed E-state index contributed by atoms with van der Waals surface area (Å²) in [5.41, 5.74) is 7.75. The summed E-state index contributed by atoms with van der Waals surface area (Å²) < 4.78 is 5.15. The molecule has 0 bridgehead atoms. The summed E-state index contributed by atoms with van der Waals surface area (Å²) in [5.74, 6) is 1.13. The van der Waals surface area contributed by atoms with Gasteiger partial charge >= 0.3 is 0 Å². The van der Waals surface area contributed by atoms with Crippen LogP contribution >= 0.6 is 11.6 Å². The summed E-state index contributed by atoms with van der Waals surface area (Å²) in [6.07, 6.45) is 2.49. The lowest BCUT2D eigenvalue weighted by atomic mass is 10.2. The second-order valence-electron chi connectivity index (χ2n) is 4.36. The Labute approximate surface area is 128 Å². The topological polar surface area (TPSA) is 72.5 Å². The Hall–Kier alpha value is -2.27. The summed E-state index contributed by atoms with van der Waals surface area (Å²) in [6.45, 7) is 0.576. The highest BCUT2D eigenvalue weighted by Gasteiger charge is 1.98. The molecule has 0 saturated heterocycles. The fourth-order valence-electron chi connectivity index (χ4n) is 1.75. The van der Waals surface area contributed by atoms with E-state index in [9.17, 15) is 0 Å². The van der Waals surface area contributed by atoms with Gasteiger partial charge in [-0.2, -0.15) is 0 Å². The molecule has 0 aliphatic carbocycles. The van der Waals surface area contributed by atoms with E-state index in [1.54, 1.807) is 19.4 Å². The molecular weight excluding hydrogens is 288 g/mol. The molecule has 3 N–H and O–H groups in total. The number of ether oxygens (including phenoxy) is 1. The van der Waals surface area contributed by atoms with Crippen molar-refractivity contribution >= 4 is 23.2 Å². The van der Waals surface area contributed by atoms with Crippen molar-refractivity contribution in [3.8, 4) is 5.75 Å². The number of anilines is 1. The predicted molar refractivity (Wildman–Crippen MR) is 86.1 cm³/mol. The molecule has 0 radical (unpaired) electrons. The number of guanidine groups is 1. The smallest absolute Gasteiger partial charge is 0.193 e. The van der Waals surface area contributed by atoms with E-state index in [4.69, 9.17) is 22.1 Å². The Bertz CT molecular complexity index is 613. The number of rotatable bonds is 5. The SMILES string of the molecule is COc1cccc(NC(N)=NCCc2ccc(Cl)nc2)c1. The van der Waals surface area contributed by atoms with Gasteiger partial charge in [-0.1, -0.05) is 23.7 Å². The van der Waals surface area contributed by atoms with Crippen LogP contribution < -0.4 is 15.8 Å². The molecule has 0 fully saturated rings. The highest BCUT2D eigenvalue weighted by atomic mass is 35.5. The predicted octanol–water partition coefficient (Wildman–Crippen LogP) is 2.71. The van der Waals surface area contributed by atoms with Gasteiger partial charge in [-0.15, -0.1) is 0 Å². The number of pyridine rings is 1. The van der Waals surface area contributed by atoms with E-state index in [0.29, 0.717) is 17.7 Å². The van der Waals surface area contributed by atoms with Gasteiger partial charge in [0.25, 0.3) is 0 Å². The molecule has 110 valence electrons. The Kier molecular flexibility index (Phi) is 5.40. The largest absolute Gasteiger partial charge is 0.497 e. The first-order valence-corrected chi connectivity index (χ1v) is 6.86. The van der Waals surface area contributed by atoms with Gasteiger partial charge in [-0.25, -0.2) is 4.98 Å². The normalized spacial score (nSPS) is 11.2. The minimum Gasteiger partial charge on any atom is -0.497 e. The van der Waals surface area contributed by atoms with Crippen molar-refractivity contribution in [1.82, 2.24) is 4.98 Å². The maximum atomic E-state index is 5.85. The third-order valence-electron chi connectivity index (χ3n) is 2.81. The fraction of sp³-hybridized carbons (Fsp3) is 0.200. The van der Waals surface area contributed by atoms with Crippen LogP contribution in [0.15, 0.2) is 47.6 Å². The monoisotopic (exact) mass is 304 g/mol. The molecular formula is C15H17ClN4O. The number of nitrogens with zero attached hydrogens (tertiary/aromatic N) is 2. The molecule has 2 aromatic rings. The average molecular weight is 305 g/mol. The Morgan fingerprint density at radius 3 is 2.95 bits per heavy atom. The quantitative estimate of drug-likeness (QED) is 0.506. The molecule has 6 heteroatoms. The Balaban J connectivity index is 1.87. The van der Waals surface area contributed by atoms with Crippen LogP contribution in [0, 0.1) is 0 Å². The summed E-state index contributed by atoms with van der Waals surface area (Å²) >= 11 is 5.73. The lowest BCUT2D eigenvalue weighted by Gasteiger charge is -2.07. The molecule has 1 heterocycles. The Morgan fingerprint density at radius 1 is 1.38 bits per heavy atom. The van der Waals surface area contributed by atoms with E-state index in [1.807, 2.05) is 30.3 Å². The van der Waals surface area contributed by atoms with Crippen molar-refractivity contribution < 1.29 is 4.74 Å². The molecule has 0 atom stereocenters. The number of nitrogens with two attached hydrogens (primary N) is 1. The van der Waals surface area contributed by atoms with Crippen LogP contribution in [0.5, 0.6) is 5.75 Å². The van der Waals surface area contributed by atoms with Gasteiger partial charge in [0.1, 0.15) is 10.9 Å². The molecule has 1 aromatic heterocycles. The van der Waals surface area contributed by atoms with E-state index in [1.165, 1.54) is 0 Å². The van der Waals surface area contributed by atoms with Gasteiger partial charge in [0.15, 0.2) is 5.96 Å².